The van der Waals surface area contributed by atoms with Crippen LogP contribution < -0.4 is 16.6 Å². The van der Waals surface area contributed by atoms with Crippen molar-refractivity contribution in [2.75, 3.05) is 5.32 Å². The summed E-state index contributed by atoms with van der Waals surface area (Å²) in [5, 5.41) is 14.7. The van der Waals surface area contributed by atoms with Crippen molar-refractivity contribution in [2.24, 2.45) is 14.1 Å². The van der Waals surface area contributed by atoms with Gasteiger partial charge in [-0.2, -0.15) is 0 Å². The number of non-ortho nitro benzene ring substituents is 1. The van der Waals surface area contributed by atoms with Crippen molar-refractivity contribution in [1.82, 2.24) is 9.13 Å². The predicted octanol–water partition coefficient (Wildman–Crippen LogP) is 3.77. The Morgan fingerprint density at radius 2 is 1.65 bits per heavy atom. The average molecular weight is 420 g/mol. The molecular formula is C22H20N4O5. The van der Waals surface area contributed by atoms with E-state index in [0.717, 1.165) is 21.4 Å². The molecule has 0 saturated carbocycles. The largest absolute Gasteiger partial charge is 0.423 e. The van der Waals surface area contributed by atoms with Crippen molar-refractivity contribution in [3.8, 4) is 11.1 Å². The number of rotatable bonds is 4. The molecule has 0 unspecified atom stereocenters. The molecule has 9 heteroatoms. The number of fused-ring (bicyclic) bond motifs is 1. The van der Waals surface area contributed by atoms with E-state index < -0.39 is 16.2 Å². The number of nitro groups is 1. The molecule has 0 amide bonds. The van der Waals surface area contributed by atoms with Gasteiger partial charge in [-0.3, -0.25) is 24.0 Å². The highest BCUT2D eigenvalue weighted by Crippen LogP contribution is 2.39. The van der Waals surface area contributed by atoms with E-state index in [9.17, 15) is 19.7 Å². The van der Waals surface area contributed by atoms with Gasteiger partial charge in [0.15, 0.2) is 0 Å². The van der Waals surface area contributed by atoms with Crippen LogP contribution in [-0.4, -0.2) is 14.1 Å². The second-order valence-electron chi connectivity index (χ2n) is 7.39. The fraction of sp³-hybridized carbons (Fsp3) is 0.182. The van der Waals surface area contributed by atoms with Gasteiger partial charge in [-0.1, -0.05) is 30.3 Å². The van der Waals surface area contributed by atoms with Gasteiger partial charge < -0.3 is 9.73 Å². The molecular weight excluding hydrogens is 400 g/mol. The van der Waals surface area contributed by atoms with Gasteiger partial charge in [0.2, 0.25) is 11.6 Å². The fourth-order valence-electron chi connectivity index (χ4n) is 3.68. The highest BCUT2D eigenvalue weighted by Gasteiger charge is 2.25. The van der Waals surface area contributed by atoms with E-state index in [4.69, 9.17) is 4.42 Å². The minimum absolute atomic E-state index is 0.0864. The monoisotopic (exact) mass is 420 g/mol. The number of aryl methyl sites for hydroxylation is 3. The summed E-state index contributed by atoms with van der Waals surface area (Å²) >= 11 is 0. The third-order valence-corrected chi connectivity index (χ3v) is 5.35. The van der Waals surface area contributed by atoms with E-state index in [-0.39, 0.29) is 22.7 Å². The molecule has 0 fully saturated rings. The van der Waals surface area contributed by atoms with Crippen molar-refractivity contribution in [2.45, 2.75) is 13.8 Å². The summed E-state index contributed by atoms with van der Waals surface area (Å²) in [6.45, 7) is 3.86. The van der Waals surface area contributed by atoms with Gasteiger partial charge in [0, 0.05) is 31.9 Å². The summed E-state index contributed by atoms with van der Waals surface area (Å²) in [6, 6.07) is 11.7. The molecule has 2 heterocycles. The number of anilines is 2. The van der Waals surface area contributed by atoms with E-state index in [1.54, 1.807) is 12.1 Å². The Labute approximate surface area is 176 Å². The zero-order chi connectivity index (χ0) is 22.4. The maximum absolute atomic E-state index is 13.0. The highest BCUT2D eigenvalue weighted by molar-refractivity contribution is 6.00. The predicted molar refractivity (Wildman–Crippen MR) is 118 cm³/mol. The molecule has 0 aliphatic rings. The maximum atomic E-state index is 13.0. The van der Waals surface area contributed by atoms with Crippen molar-refractivity contribution in [1.29, 1.82) is 0 Å². The lowest BCUT2D eigenvalue weighted by Crippen LogP contribution is -2.36. The Balaban J connectivity index is 2.10. The maximum Gasteiger partial charge on any atom is 0.333 e. The summed E-state index contributed by atoms with van der Waals surface area (Å²) < 4.78 is 8.22. The molecule has 0 spiro atoms. The lowest BCUT2D eigenvalue weighted by molar-refractivity contribution is -0.384. The molecule has 0 atom stereocenters. The first-order valence-corrected chi connectivity index (χ1v) is 9.51. The molecule has 0 aliphatic carbocycles. The van der Waals surface area contributed by atoms with Gasteiger partial charge in [-0.25, -0.2) is 4.79 Å². The third kappa shape index (κ3) is 3.20. The Bertz CT molecular complexity index is 1460. The number of benzene rings is 2. The van der Waals surface area contributed by atoms with Crippen molar-refractivity contribution >= 4 is 28.4 Å². The standard InChI is InChI=1S/C22H20N4O5/c1-12-7-5-8-13(2)18(12)23-19-16(14-9-6-10-15(11-14)26(29)30)17-20(27)24(3)22(28)25(4)21(17)31-19/h5-11,23H,1-4H3. The highest BCUT2D eigenvalue weighted by atomic mass is 16.6. The number of nitrogens with one attached hydrogen (secondary N) is 1. The second kappa shape index (κ2) is 7.28. The number of para-hydroxylation sites is 1. The average Bonchev–Trinajstić information content (AvgIpc) is 3.13. The quantitative estimate of drug-likeness (QED) is 0.397. The first kappa shape index (κ1) is 20.1. The van der Waals surface area contributed by atoms with E-state index in [0.29, 0.717) is 11.1 Å². The number of aromatic nitrogens is 2. The summed E-state index contributed by atoms with van der Waals surface area (Å²) in [4.78, 5) is 36.3. The Morgan fingerprint density at radius 3 is 2.29 bits per heavy atom. The van der Waals surface area contributed by atoms with Crippen molar-refractivity contribution < 1.29 is 9.34 Å². The minimum Gasteiger partial charge on any atom is -0.423 e. The number of hydrogen-bond acceptors (Lipinski definition) is 6. The molecule has 2 aromatic heterocycles. The van der Waals surface area contributed by atoms with Crippen LogP contribution in [0.3, 0.4) is 0 Å². The Hall–Kier alpha value is -4.14. The molecule has 2 aromatic carbocycles. The van der Waals surface area contributed by atoms with Crippen molar-refractivity contribution in [3.63, 3.8) is 0 Å². The van der Waals surface area contributed by atoms with Crippen molar-refractivity contribution in [3.05, 3.63) is 84.5 Å². The topological polar surface area (TPSA) is 112 Å². The number of furan rings is 1. The SMILES string of the molecule is Cc1cccc(C)c1Nc1oc2c(c1-c1cccc([N+](=O)[O-])c1)c(=O)n(C)c(=O)n2C. The molecule has 31 heavy (non-hydrogen) atoms. The zero-order valence-corrected chi connectivity index (χ0v) is 17.4. The van der Waals surface area contributed by atoms with E-state index >= 15 is 0 Å². The van der Waals surface area contributed by atoms with Crippen LogP contribution >= 0.6 is 0 Å². The molecule has 1 N–H and O–H groups in total. The molecule has 9 nitrogen and oxygen atoms in total. The fourth-order valence-corrected chi connectivity index (χ4v) is 3.68. The van der Waals surface area contributed by atoms with Gasteiger partial charge in [0.05, 0.1) is 10.5 Å². The second-order valence-corrected chi connectivity index (χ2v) is 7.39. The summed E-state index contributed by atoms with van der Waals surface area (Å²) in [6.07, 6.45) is 0. The third-order valence-electron chi connectivity index (χ3n) is 5.35. The molecule has 0 bridgehead atoms. The van der Waals surface area contributed by atoms with E-state index in [2.05, 4.69) is 5.32 Å². The summed E-state index contributed by atoms with van der Waals surface area (Å²) in [5.41, 5.74) is 2.37. The normalized spacial score (nSPS) is 11.1. The first-order chi connectivity index (χ1) is 14.7. The Kier molecular flexibility index (Phi) is 4.73. The number of nitro benzene ring substituents is 1. The van der Waals surface area contributed by atoms with Gasteiger partial charge in [0.25, 0.3) is 11.2 Å². The van der Waals surface area contributed by atoms with Gasteiger partial charge in [0.1, 0.15) is 5.39 Å². The van der Waals surface area contributed by atoms with Gasteiger partial charge >= 0.3 is 5.69 Å². The van der Waals surface area contributed by atoms with Crippen LogP contribution in [0.2, 0.25) is 0 Å². The summed E-state index contributed by atoms with van der Waals surface area (Å²) in [5.74, 6) is 0.228. The molecule has 158 valence electrons. The van der Waals surface area contributed by atoms with Crippen LogP contribution in [0.15, 0.2) is 56.5 Å². The molecule has 0 radical (unpaired) electrons. The minimum atomic E-state index is -0.544. The van der Waals surface area contributed by atoms with Crippen LogP contribution in [0.4, 0.5) is 17.3 Å². The van der Waals surface area contributed by atoms with Gasteiger partial charge in [-0.05, 0) is 30.5 Å². The molecule has 0 saturated heterocycles. The van der Waals surface area contributed by atoms with Crippen LogP contribution in [0.5, 0.6) is 0 Å². The molecule has 4 rings (SSSR count). The Morgan fingerprint density at radius 1 is 1.00 bits per heavy atom. The zero-order valence-electron chi connectivity index (χ0n) is 17.4. The lowest BCUT2D eigenvalue weighted by atomic mass is 10.0. The van der Waals surface area contributed by atoms with Crippen LogP contribution in [-0.2, 0) is 14.1 Å². The smallest absolute Gasteiger partial charge is 0.333 e. The lowest BCUT2D eigenvalue weighted by Gasteiger charge is -2.12. The number of nitrogens with zero attached hydrogens (tertiary/aromatic N) is 3. The number of hydrogen-bond donors (Lipinski definition) is 1. The molecule has 0 aliphatic heterocycles. The van der Waals surface area contributed by atoms with E-state index in [1.165, 1.54) is 30.8 Å². The van der Waals surface area contributed by atoms with Crippen LogP contribution in [0.25, 0.3) is 22.2 Å². The molecule has 4 aromatic rings. The van der Waals surface area contributed by atoms with Crippen LogP contribution in [0, 0.1) is 24.0 Å². The van der Waals surface area contributed by atoms with Crippen LogP contribution in [0.1, 0.15) is 11.1 Å². The van der Waals surface area contributed by atoms with Gasteiger partial charge in [-0.15, -0.1) is 0 Å². The summed E-state index contributed by atoms with van der Waals surface area (Å²) in [7, 11) is 2.89. The van der Waals surface area contributed by atoms with E-state index in [1.807, 2.05) is 32.0 Å². The first-order valence-electron chi connectivity index (χ1n) is 9.51.